The van der Waals surface area contributed by atoms with Crippen LogP contribution in [-0.4, -0.2) is 18.8 Å². The van der Waals surface area contributed by atoms with Gasteiger partial charge in [-0.25, -0.2) is 0 Å². The molecule has 2 nitrogen and oxygen atoms in total. The van der Waals surface area contributed by atoms with Gasteiger partial charge in [0, 0.05) is 23.1 Å². The largest absolute Gasteiger partial charge is 0.379 e. The van der Waals surface area contributed by atoms with Crippen molar-refractivity contribution in [1.29, 1.82) is 0 Å². The van der Waals surface area contributed by atoms with Gasteiger partial charge in [-0.2, -0.15) is 0 Å². The second-order valence-corrected chi connectivity index (χ2v) is 6.76. The van der Waals surface area contributed by atoms with Gasteiger partial charge in [0.1, 0.15) is 0 Å². The van der Waals surface area contributed by atoms with E-state index in [9.17, 15) is 0 Å². The van der Waals surface area contributed by atoms with Crippen molar-refractivity contribution in [2.45, 2.75) is 69.9 Å². The third-order valence-electron chi connectivity index (χ3n) is 4.95. The molecule has 1 aliphatic rings. The summed E-state index contributed by atoms with van der Waals surface area (Å²) in [5.74, 6) is 0. The Balaban J connectivity index is 1.92. The average molecular weight is 310 g/mol. The van der Waals surface area contributed by atoms with Crippen LogP contribution in [0.1, 0.15) is 57.9 Å². The van der Waals surface area contributed by atoms with E-state index in [2.05, 4.69) is 19.1 Å². The molecule has 21 heavy (non-hydrogen) atoms. The zero-order chi connectivity index (χ0) is 15.3. The van der Waals surface area contributed by atoms with Crippen molar-refractivity contribution < 1.29 is 4.74 Å². The highest BCUT2D eigenvalue weighted by atomic mass is 35.5. The van der Waals surface area contributed by atoms with Crippen molar-refractivity contribution in [2.24, 2.45) is 5.73 Å². The van der Waals surface area contributed by atoms with Crippen LogP contribution in [0.2, 0.25) is 5.02 Å². The molecule has 0 bridgehead atoms. The molecule has 2 unspecified atom stereocenters. The summed E-state index contributed by atoms with van der Waals surface area (Å²) >= 11 is 6.01. The van der Waals surface area contributed by atoms with E-state index >= 15 is 0 Å². The molecular weight excluding hydrogens is 282 g/mol. The van der Waals surface area contributed by atoms with Crippen molar-refractivity contribution >= 4 is 11.6 Å². The van der Waals surface area contributed by atoms with E-state index in [4.69, 9.17) is 22.1 Å². The van der Waals surface area contributed by atoms with Crippen LogP contribution in [0.25, 0.3) is 0 Å². The lowest BCUT2D eigenvalue weighted by Gasteiger charge is -2.47. The van der Waals surface area contributed by atoms with E-state index in [-0.39, 0.29) is 11.5 Å². The van der Waals surface area contributed by atoms with Crippen molar-refractivity contribution in [3.05, 3.63) is 34.9 Å². The van der Waals surface area contributed by atoms with Crippen molar-refractivity contribution in [3.63, 3.8) is 0 Å². The Morgan fingerprint density at radius 3 is 2.43 bits per heavy atom. The predicted octanol–water partition coefficient (Wildman–Crippen LogP) is 4.68. The molecule has 0 saturated heterocycles. The van der Waals surface area contributed by atoms with Gasteiger partial charge in [-0.1, -0.05) is 30.2 Å². The quantitative estimate of drug-likeness (QED) is 0.756. The van der Waals surface area contributed by atoms with Crippen LogP contribution in [0.15, 0.2) is 24.3 Å². The fraction of sp³-hybridized carbons (Fsp3) is 0.667. The van der Waals surface area contributed by atoms with Crippen molar-refractivity contribution in [1.82, 2.24) is 0 Å². The fourth-order valence-electron chi connectivity index (χ4n) is 3.48. The lowest BCUT2D eigenvalue weighted by atomic mass is 9.59. The minimum atomic E-state index is 0.180. The minimum absolute atomic E-state index is 0.180. The smallest absolute Gasteiger partial charge is 0.0546 e. The van der Waals surface area contributed by atoms with Crippen LogP contribution in [0.4, 0.5) is 0 Å². The summed E-state index contributed by atoms with van der Waals surface area (Å²) in [6.07, 6.45) is 7.34. The molecule has 1 fully saturated rings. The van der Waals surface area contributed by atoms with Gasteiger partial charge in [-0.05, 0) is 63.6 Å². The van der Waals surface area contributed by atoms with Crippen molar-refractivity contribution in [3.8, 4) is 0 Å². The molecule has 0 spiro atoms. The fourth-order valence-corrected chi connectivity index (χ4v) is 3.61. The molecule has 0 heterocycles. The van der Waals surface area contributed by atoms with Gasteiger partial charge >= 0.3 is 0 Å². The van der Waals surface area contributed by atoms with E-state index in [1.54, 1.807) is 0 Å². The predicted molar refractivity (Wildman–Crippen MR) is 89.9 cm³/mol. The monoisotopic (exact) mass is 309 g/mol. The molecule has 0 radical (unpaired) electrons. The van der Waals surface area contributed by atoms with Crippen LogP contribution in [0, 0.1) is 0 Å². The molecule has 1 aliphatic carbocycles. The highest BCUT2D eigenvalue weighted by molar-refractivity contribution is 6.30. The van der Waals surface area contributed by atoms with Gasteiger partial charge in [0.25, 0.3) is 0 Å². The Labute approximate surface area is 134 Å². The highest BCUT2D eigenvalue weighted by Gasteiger charge is 2.43. The summed E-state index contributed by atoms with van der Waals surface area (Å²) in [5, 5.41) is 0.798. The molecule has 118 valence electrons. The molecule has 1 saturated carbocycles. The van der Waals surface area contributed by atoms with E-state index < -0.39 is 0 Å². The molecule has 0 aromatic heterocycles. The molecule has 2 rings (SSSR count). The van der Waals surface area contributed by atoms with Gasteiger partial charge in [-0.3, -0.25) is 0 Å². The number of nitrogens with two attached hydrogens (primary N) is 1. The molecule has 1 aromatic rings. The summed E-state index contributed by atoms with van der Waals surface area (Å²) in [4.78, 5) is 0. The first kappa shape index (κ1) is 16.8. The zero-order valence-corrected chi connectivity index (χ0v) is 14.0. The molecule has 0 amide bonds. The third kappa shape index (κ3) is 4.00. The maximum atomic E-state index is 6.57. The summed E-state index contributed by atoms with van der Waals surface area (Å²) in [7, 11) is 0. The van der Waals surface area contributed by atoms with Gasteiger partial charge < -0.3 is 10.5 Å². The van der Waals surface area contributed by atoms with E-state index in [1.165, 1.54) is 24.8 Å². The minimum Gasteiger partial charge on any atom is -0.379 e. The van der Waals surface area contributed by atoms with Crippen LogP contribution in [0.3, 0.4) is 0 Å². The molecular formula is C18H28ClNO. The first-order chi connectivity index (χ1) is 10.1. The Morgan fingerprint density at radius 1 is 1.24 bits per heavy atom. The molecule has 1 aromatic carbocycles. The van der Waals surface area contributed by atoms with Crippen molar-refractivity contribution in [2.75, 3.05) is 6.61 Å². The number of hydrogen-bond acceptors (Lipinski definition) is 2. The topological polar surface area (TPSA) is 35.2 Å². The Bertz CT molecular complexity index is 427. The molecule has 2 N–H and O–H groups in total. The summed E-state index contributed by atoms with van der Waals surface area (Å²) in [5.41, 5.74) is 8.11. The van der Waals surface area contributed by atoms with Gasteiger partial charge in [0.2, 0.25) is 0 Å². The number of halogens is 1. The molecule has 2 atom stereocenters. The average Bonchev–Trinajstić information content (AvgIpc) is 2.40. The molecule has 3 heteroatoms. The van der Waals surface area contributed by atoms with Crippen LogP contribution in [0.5, 0.6) is 0 Å². The van der Waals surface area contributed by atoms with Gasteiger partial charge in [0.15, 0.2) is 0 Å². The number of benzene rings is 1. The number of hydrogen-bond donors (Lipinski definition) is 1. The Hall–Kier alpha value is -0.570. The summed E-state index contributed by atoms with van der Waals surface area (Å²) in [6.45, 7) is 4.99. The maximum Gasteiger partial charge on any atom is 0.0546 e. The first-order valence-corrected chi connectivity index (χ1v) is 8.59. The number of ether oxygens (including phenoxy) is 1. The van der Waals surface area contributed by atoms with E-state index in [1.807, 2.05) is 19.1 Å². The van der Waals surface area contributed by atoms with Gasteiger partial charge in [0.05, 0.1) is 6.10 Å². The second kappa shape index (κ2) is 7.62. The SMILES string of the molecule is CCOC(C)CCCC(N)C1(c2ccc(Cl)cc2)CCC1. The Morgan fingerprint density at radius 2 is 1.90 bits per heavy atom. The normalized spacial score (nSPS) is 19.8. The lowest BCUT2D eigenvalue weighted by molar-refractivity contribution is 0.0666. The maximum absolute atomic E-state index is 6.57. The second-order valence-electron chi connectivity index (χ2n) is 6.32. The zero-order valence-electron chi connectivity index (χ0n) is 13.3. The number of rotatable bonds is 8. The molecule has 0 aliphatic heterocycles. The van der Waals surface area contributed by atoms with Crippen LogP contribution >= 0.6 is 11.6 Å². The highest BCUT2D eigenvalue weighted by Crippen LogP contribution is 2.47. The van der Waals surface area contributed by atoms with Gasteiger partial charge in [-0.15, -0.1) is 0 Å². The van der Waals surface area contributed by atoms with E-state index in [0.29, 0.717) is 6.10 Å². The van der Waals surface area contributed by atoms with Crippen LogP contribution in [-0.2, 0) is 10.2 Å². The summed E-state index contributed by atoms with van der Waals surface area (Å²) in [6, 6.07) is 8.52. The first-order valence-electron chi connectivity index (χ1n) is 8.21. The standard InChI is InChI=1S/C18H28ClNO/c1-3-21-14(2)6-4-7-17(20)18(12-5-13-18)15-8-10-16(19)11-9-15/h8-11,14,17H,3-7,12-13,20H2,1-2H3. The Kier molecular flexibility index (Phi) is 6.09. The van der Waals surface area contributed by atoms with E-state index in [0.717, 1.165) is 30.9 Å². The third-order valence-corrected chi connectivity index (χ3v) is 5.20. The summed E-state index contributed by atoms with van der Waals surface area (Å²) < 4.78 is 5.59. The van der Waals surface area contributed by atoms with Crippen LogP contribution < -0.4 is 5.73 Å². The lowest BCUT2D eigenvalue weighted by Crippen LogP contribution is -2.50.